The lowest BCUT2D eigenvalue weighted by Crippen LogP contribution is -2.41. The molecule has 0 aromatic heterocycles. The molecule has 1 amide bonds. The van der Waals surface area contributed by atoms with Crippen LogP contribution >= 0.6 is 0 Å². The van der Waals surface area contributed by atoms with E-state index in [0.717, 1.165) is 24.9 Å². The van der Waals surface area contributed by atoms with Gasteiger partial charge in [-0.15, -0.1) is 0 Å². The van der Waals surface area contributed by atoms with Crippen molar-refractivity contribution in [2.75, 3.05) is 32.8 Å². The van der Waals surface area contributed by atoms with Crippen molar-refractivity contribution in [2.24, 2.45) is 11.7 Å². The van der Waals surface area contributed by atoms with Gasteiger partial charge in [0.15, 0.2) is 0 Å². The zero-order chi connectivity index (χ0) is 14.9. The Morgan fingerprint density at radius 3 is 2.90 bits per heavy atom. The highest BCUT2D eigenvalue weighted by Crippen LogP contribution is 2.18. The fourth-order valence-electron chi connectivity index (χ4n) is 2.51. The van der Waals surface area contributed by atoms with Gasteiger partial charge in [-0.1, -0.05) is 30.3 Å². The first-order valence-electron chi connectivity index (χ1n) is 7.53. The molecule has 1 aliphatic rings. The van der Waals surface area contributed by atoms with Gasteiger partial charge in [0.2, 0.25) is 0 Å². The summed E-state index contributed by atoms with van der Waals surface area (Å²) in [6.07, 6.45) is 1.85. The monoisotopic (exact) mass is 292 g/mol. The Labute approximate surface area is 126 Å². The van der Waals surface area contributed by atoms with Crippen molar-refractivity contribution < 1.29 is 14.3 Å². The van der Waals surface area contributed by atoms with Gasteiger partial charge in [0.25, 0.3) is 0 Å². The van der Waals surface area contributed by atoms with Crippen LogP contribution in [0.2, 0.25) is 0 Å². The third-order valence-corrected chi connectivity index (χ3v) is 3.60. The first-order valence-corrected chi connectivity index (χ1v) is 7.53. The number of carbonyl (C=O) groups excluding carboxylic acids is 1. The Balaban J connectivity index is 1.74. The van der Waals surface area contributed by atoms with Gasteiger partial charge in [0.1, 0.15) is 6.61 Å². The molecule has 1 fully saturated rings. The van der Waals surface area contributed by atoms with Crippen molar-refractivity contribution in [3.63, 3.8) is 0 Å². The Morgan fingerprint density at radius 2 is 2.14 bits per heavy atom. The van der Waals surface area contributed by atoms with Crippen LogP contribution in [0, 0.1) is 5.92 Å². The number of benzene rings is 1. The van der Waals surface area contributed by atoms with E-state index in [1.54, 1.807) is 4.90 Å². The van der Waals surface area contributed by atoms with E-state index in [1.165, 1.54) is 0 Å². The third kappa shape index (κ3) is 5.36. The van der Waals surface area contributed by atoms with E-state index >= 15 is 0 Å². The molecule has 1 unspecified atom stereocenters. The Bertz CT molecular complexity index is 425. The van der Waals surface area contributed by atoms with Crippen molar-refractivity contribution >= 4 is 6.09 Å². The van der Waals surface area contributed by atoms with Gasteiger partial charge >= 0.3 is 6.09 Å². The highest BCUT2D eigenvalue weighted by molar-refractivity contribution is 5.67. The molecule has 1 aromatic rings. The van der Waals surface area contributed by atoms with Crippen LogP contribution in [-0.2, 0) is 16.1 Å². The van der Waals surface area contributed by atoms with Crippen LogP contribution < -0.4 is 5.73 Å². The molecule has 2 N–H and O–H groups in total. The number of nitrogens with zero attached hydrogens (tertiary/aromatic N) is 1. The van der Waals surface area contributed by atoms with Crippen LogP contribution in [0.3, 0.4) is 0 Å². The number of carbonyl (C=O) groups is 1. The minimum Gasteiger partial charge on any atom is -0.445 e. The van der Waals surface area contributed by atoms with Gasteiger partial charge < -0.3 is 20.1 Å². The molecule has 0 saturated carbocycles. The highest BCUT2D eigenvalue weighted by atomic mass is 16.6. The van der Waals surface area contributed by atoms with Crippen LogP contribution in [0.5, 0.6) is 0 Å². The normalized spacial score (nSPS) is 18.5. The van der Waals surface area contributed by atoms with Crippen molar-refractivity contribution in [3.05, 3.63) is 35.9 Å². The molecule has 1 aromatic carbocycles. The number of rotatable bonds is 6. The maximum atomic E-state index is 12.1. The quantitative estimate of drug-likeness (QED) is 0.815. The van der Waals surface area contributed by atoms with Gasteiger partial charge in [-0.05, 0) is 18.4 Å². The number of likely N-dealkylation sites (tertiary alicyclic amines) is 1. The van der Waals surface area contributed by atoms with Gasteiger partial charge in [0.05, 0.1) is 13.2 Å². The summed E-state index contributed by atoms with van der Waals surface area (Å²) in [5.74, 6) is 0.384. The lowest BCUT2D eigenvalue weighted by molar-refractivity contribution is 0.0482. The largest absolute Gasteiger partial charge is 0.445 e. The molecule has 1 saturated heterocycles. The molecule has 5 nitrogen and oxygen atoms in total. The van der Waals surface area contributed by atoms with Crippen molar-refractivity contribution in [1.29, 1.82) is 0 Å². The summed E-state index contributed by atoms with van der Waals surface area (Å²) in [4.78, 5) is 13.9. The summed E-state index contributed by atoms with van der Waals surface area (Å²) in [5.41, 5.74) is 6.41. The molecule has 21 heavy (non-hydrogen) atoms. The number of ether oxygens (including phenoxy) is 2. The maximum Gasteiger partial charge on any atom is 0.410 e. The predicted molar refractivity (Wildman–Crippen MR) is 80.8 cm³/mol. The molecule has 0 aliphatic carbocycles. The zero-order valence-electron chi connectivity index (χ0n) is 12.4. The van der Waals surface area contributed by atoms with Gasteiger partial charge in [-0.3, -0.25) is 0 Å². The molecule has 2 rings (SSSR count). The molecular weight excluding hydrogens is 268 g/mol. The predicted octanol–water partition coefficient (Wildman–Crippen LogP) is 2.01. The van der Waals surface area contributed by atoms with E-state index < -0.39 is 0 Å². The number of hydrogen-bond acceptors (Lipinski definition) is 4. The molecule has 0 bridgehead atoms. The minimum atomic E-state index is -0.234. The molecular formula is C16H24N2O3. The first kappa shape index (κ1) is 15.8. The number of hydrogen-bond donors (Lipinski definition) is 1. The average molecular weight is 292 g/mol. The van der Waals surface area contributed by atoms with Gasteiger partial charge in [0, 0.05) is 25.6 Å². The van der Waals surface area contributed by atoms with Crippen molar-refractivity contribution in [2.45, 2.75) is 19.4 Å². The minimum absolute atomic E-state index is 0.234. The molecule has 1 aliphatic heterocycles. The van der Waals surface area contributed by atoms with Crippen LogP contribution in [0.25, 0.3) is 0 Å². The Kier molecular flexibility index (Phi) is 6.50. The molecule has 5 heteroatoms. The first-order chi connectivity index (χ1) is 10.3. The van der Waals surface area contributed by atoms with Crippen molar-refractivity contribution in [1.82, 2.24) is 4.90 Å². The molecule has 1 atom stereocenters. The standard InChI is InChI=1S/C16H24N2O3/c17-8-10-20-12-15-7-4-9-18(11-15)16(19)21-13-14-5-2-1-3-6-14/h1-3,5-6,15H,4,7-13,17H2. The summed E-state index contributed by atoms with van der Waals surface area (Å²) in [6, 6.07) is 9.73. The topological polar surface area (TPSA) is 64.8 Å². The van der Waals surface area contributed by atoms with Gasteiger partial charge in [-0.2, -0.15) is 0 Å². The maximum absolute atomic E-state index is 12.1. The van der Waals surface area contributed by atoms with E-state index in [-0.39, 0.29) is 6.09 Å². The smallest absolute Gasteiger partial charge is 0.410 e. The SMILES string of the molecule is NCCOCC1CCCN(C(=O)OCc2ccccc2)C1. The van der Waals surface area contributed by atoms with Crippen LogP contribution in [-0.4, -0.2) is 43.8 Å². The molecule has 0 spiro atoms. The summed E-state index contributed by atoms with van der Waals surface area (Å²) >= 11 is 0. The highest BCUT2D eigenvalue weighted by Gasteiger charge is 2.24. The Morgan fingerprint density at radius 1 is 1.33 bits per heavy atom. The number of piperidine rings is 1. The third-order valence-electron chi connectivity index (χ3n) is 3.60. The van der Waals surface area contributed by atoms with E-state index in [1.807, 2.05) is 30.3 Å². The summed E-state index contributed by atoms with van der Waals surface area (Å²) in [6.45, 7) is 3.58. The van der Waals surface area contributed by atoms with Crippen molar-refractivity contribution in [3.8, 4) is 0 Å². The van der Waals surface area contributed by atoms with Crippen LogP contribution in [0.4, 0.5) is 4.79 Å². The lowest BCUT2D eigenvalue weighted by Gasteiger charge is -2.31. The second kappa shape index (κ2) is 8.64. The van der Waals surface area contributed by atoms with E-state index in [9.17, 15) is 4.79 Å². The van der Waals surface area contributed by atoms with Crippen LogP contribution in [0.15, 0.2) is 30.3 Å². The number of amides is 1. The second-order valence-electron chi connectivity index (χ2n) is 5.36. The fourth-order valence-corrected chi connectivity index (χ4v) is 2.51. The van der Waals surface area contributed by atoms with Crippen LogP contribution in [0.1, 0.15) is 18.4 Å². The van der Waals surface area contributed by atoms with Gasteiger partial charge in [-0.25, -0.2) is 4.79 Å². The summed E-state index contributed by atoms with van der Waals surface area (Å²) in [7, 11) is 0. The van der Waals surface area contributed by atoms with E-state index in [0.29, 0.717) is 38.8 Å². The second-order valence-corrected chi connectivity index (χ2v) is 5.36. The summed E-state index contributed by atoms with van der Waals surface area (Å²) in [5, 5.41) is 0. The Hall–Kier alpha value is -1.59. The van der Waals surface area contributed by atoms with E-state index in [4.69, 9.17) is 15.2 Å². The molecule has 116 valence electrons. The lowest BCUT2D eigenvalue weighted by atomic mass is 9.99. The molecule has 0 radical (unpaired) electrons. The number of nitrogens with two attached hydrogens (primary N) is 1. The zero-order valence-corrected chi connectivity index (χ0v) is 12.4. The van der Waals surface area contributed by atoms with E-state index in [2.05, 4.69) is 0 Å². The summed E-state index contributed by atoms with van der Waals surface area (Å²) < 4.78 is 10.8. The average Bonchev–Trinajstić information content (AvgIpc) is 2.54. The fraction of sp³-hybridized carbons (Fsp3) is 0.562. The molecule has 1 heterocycles.